The maximum Gasteiger partial charge on any atom is 0.125 e. The van der Waals surface area contributed by atoms with Gasteiger partial charge in [-0.3, -0.25) is 10.2 Å². The Morgan fingerprint density at radius 2 is 1.25 bits per heavy atom. The van der Waals surface area contributed by atoms with Crippen LogP contribution in [-0.4, -0.2) is 10.2 Å². The SMILES string of the molecule is S=c1[nH][nH]c(=S)c2ccccc12. The van der Waals surface area contributed by atoms with Gasteiger partial charge in [0.25, 0.3) is 0 Å². The predicted molar refractivity (Wildman–Crippen MR) is 54.3 cm³/mol. The molecule has 2 N–H and O–H groups in total. The molecule has 0 fully saturated rings. The van der Waals surface area contributed by atoms with E-state index in [0.717, 1.165) is 10.8 Å². The number of hydrogen-bond donors (Lipinski definition) is 2. The summed E-state index contributed by atoms with van der Waals surface area (Å²) in [5.74, 6) is 0. The summed E-state index contributed by atoms with van der Waals surface area (Å²) in [6, 6.07) is 7.80. The van der Waals surface area contributed by atoms with Gasteiger partial charge in [-0.05, 0) is 0 Å². The second kappa shape index (κ2) is 2.80. The third kappa shape index (κ3) is 1.09. The molecule has 60 valence electrons. The van der Waals surface area contributed by atoms with Crippen LogP contribution in [0.15, 0.2) is 24.3 Å². The number of rotatable bonds is 0. The molecule has 2 rings (SSSR count). The van der Waals surface area contributed by atoms with E-state index in [0.29, 0.717) is 9.28 Å². The molecular weight excluding hydrogens is 188 g/mol. The molecule has 1 aromatic carbocycles. The van der Waals surface area contributed by atoms with E-state index in [1.54, 1.807) is 0 Å². The van der Waals surface area contributed by atoms with E-state index in [9.17, 15) is 0 Å². The summed E-state index contributed by atoms with van der Waals surface area (Å²) in [5, 5.41) is 7.65. The van der Waals surface area contributed by atoms with Gasteiger partial charge in [-0.1, -0.05) is 48.7 Å². The molecule has 0 spiro atoms. The second-order valence-corrected chi connectivity index (χ2v) is 3.27. The molecular formula is C8H6N2S2. The zero-order valence-corrected chi connectivity index (χ0v) is 7.76. The first-order valence-electron chi connectivity index (χ1n) is 3.49. The van der Waals surface area contributed by atoms with Crippen LogP contribution in [0.4, 0.5) is 0 Å². The highest BCUT2D eigenvalue weighted by Crippen LogP contribution is 2.12. The van der Waals surface area contributed by atoms with Gasteiger partial charge in [-0.2, -0.15) is 0 Å². The molecule has 0 aliphatic rings. The molecule has 2 aromatic rings. The third-order valence-electron chi connectivity index (χ3n) is 1.71. The standard InChI is InChI=1S/C8H6N2S2/c11-7-5-3-1-2-4-6(5)8(12)10-9-7/h1-4H,(H,9,11)(H,10,12). The summed E-state index contributed by atoms with van der Waals surface area (Å²) in [7, 11) is 0. The summed E-state index contributed by atoms with van der Waals surface area (Å²) < 4.78 is 1.39. The van der Waals surface area contributed by atoms with Crippen molar-refractivity contribution >= 4 is 35.2 Å². The average Bonchev–Trinajstić information content (AvgIpc) is 2.12. The van der Waals surface area contributed by atoms with Gasteiger partial charge in [0.15, 0.2) is 0 Å². The molecule has 0 aliphatic heterocycles. The molecule has 0 saturated carbocycles. The molecule has 1 heterocycles. The molecule has 0 atom stereocenters. The zero-order valence-electron chi connectivity index (χ0n) is 6.13. The van der Waals surface area contributed by atoms with Crippen LogP contribution in [0.25, 0.3) is 10.8 Å². The van der Waals surface area contributed by atoms with Crippen molar-refractivity contribution in [2.45, 2.75) is 0 Å². The van der Waals surface area contributed by atoms with Gasteiger partial charge in [-0.25, -0.2) is 0 Å². The molecule has 0 bridgehead atoms. The fourth-order valence-corrected chi connectivity index (χ4v) is 1.59. The van der Waals surface area contributed by atoms with Gasteiger partial charge in [-0.15, -0.1) is 0 Å². The van der Waals surface area contributed by atoms with E-state index in [1.165, 1.54) is 0 Å². The molecule has 0 aliphatic carbocycles. The Kier molecular flexibility index (Phi) is 1.78. The van der Waals surface area contributed by atoms with Gasteiger partial charge in [0.05, 0.1) is 0 Å². The summed E-state index contributed by atoms with van der Waals surface area (Å²) >= 11 is 10.2. The lowest BCUT2D eigenvalue weighted by Gasteiger charge is -1.96. The highest BCUT2D eigenvalue weighted by molar-refractivity contribution is 7.72. The Hall–Kier alpha value is -1.00. The third-order valence-corrected chi connectivity index (χ3v) is 2.35. The minimum Gasteiger partial charge on any atom is -0.289 e. The monoisotopic (exact) mass is 194 g/mol. The van der Waals surface area contributed by atoms with E-state index in [1.807, 2.05) is 24.3 Å². The summed E-state index contributed by atoms with van der Waals surface area (Å²) in [6.07, 6.45) is 0. The number of aromatic amines is 2. The van der Waals surface area contributed by atoms with Crippen molar-refractivity contribution in [1.29, 1.82) is 0 Å². The number of H-pyrrole nitrogens is 2. The minimum absolute atomic E-state index is 0.694. The van der Waals surface area contributed by atoms with Crippen LogP contribution in [0.2, 0.25) is 0 Å². The summed E-state index contributed by atoms with van der Waals surface area (Å²) in [5.41, 5.74) is 0. The number of fused-ring (bicyclic) bond motifs is 1. The molecule has 0 unspecified atom stereocenters. The van der Waals surface area contributed by atoms with Crippen LogP contribution in [0.5, 0.6) is 0 Å². The lowest BCUT2D eigenvalue weighted by Crippen LogP contribution is -1.84. The highest BCUT2D eigenvalue weighted by atomic mass is 32.1. The van der Waals surface area contributed by atoms with Crippen molar-refractivity contribution in [3.8, 4) is 0 Å². The maximum atomic E-state index is 5.08. The van der Waals surface area contributed by atoms with E-state index < -0.39 is 0 Å². The first-order chi connectivity index (χ1) is 5.79. The zero-order chi connectivity index (χ0) is 8.55. The Morgan fingerprint density at radius 3 is 1.67 bits per heavy atom. The van der Waals surface area contributed by atoms with E-state index in [4.69, 9.17) is 24.4 Å². The van der Waals surface area contributed by atoms with Crippen molar-refractivity contribution in [2.24, 2.45) is 0 Å². The topological polar surface area (TPSA) is 31.6 Å². The van der Waals surface area contributed by atoms with Gasteiger partial charge in [0.1, 0.15) is 9.28 Å². The fraction of sp³-hybridized carbons (Fsp3) is 0. The van der Waals surface area contributed by atoms with Crippen molar-refractivity contribution in [1.82, 2.24) is 10.2 Å². The van der Waals surface area contributed by atoms with Crippen molar-refractivity contribution in [3.63, 3.8) is 0 Å². The van der Waals surface area contributed by atoms with Gasteiger partial charge < -0.3 is 0 Å². The fourth-order valence-electron chi connectivity index (χ4n) is 1.13. The Balaban J connectivity index is 3.16. The number of nitrogens with one attached hydrogen (secondary N) is 2. The maximum absolute atomic E-state index is 5.08. The van der Waals surface area contributed by atoms with Gasteiger partial charge in [0, 0.05) is 10.8 Å². The summed E-state index contributed by atoms with van der Waals surface area (Å²) in [6.45, 7) is 0. The lowest BCUT2D eigenvalue weighted by atomic mass is 10.2. The first-order valence-corrected chi connectivity index (χ1v) is 4.30. The smallest absolute Gasteiger partial charge is 0.125 e. The molecule has 0 saturated heterocycles. The normalized spacial score (nSPS) is 10.3. The second-order valence-electron chi connectivity index (χ2n) is 2.45. The summed E-state index contributed by atoms with van der Waals surface area (Å²) in [4.78, 5) is 0. The van der Waals surface area contributed by atoms with Crippen molar-refractivity contribution < 1.29 is 0 Å². The Morgan fingerprint density at radius 1 is 0.833 bits per heavy atom. The highest BCUT2D eigenvalue weighted by Gasteiger charge is 1.94. The lowest BCUT2D eigenvalue weighted by molar-refractivity contribution is 1.02. The number of aromatic nitrogens is 2. The molecule has 1 aromatic heterocycles. The molecule has 12 heavy (non-hydrogen) atoms. The van der Waals surface area contributed by atoms with E-state index >= 15 is 0 Å². The Labute approximate surface area is 79.2 Å². The van der Waals surface area contributed by atoms with E-state index in [-0.39, 0.29) is 0 Å². The van der Waals surface area contributed by atoms with Crippen LogP contribution < -0.4 is 0 Å². The van der Waals surface area contributed by atoms with Crippen LogP contribution in [0.3, 0.4) is 0 Å². The van der Waals surface area contributed by atoms with Crippen LogP contribution >= 0.6 is 24.4 Å². The number of hydrogen-bond acceptors (Lipinski definition) is 2. The molecule has 0 radical (unpaired) electrons. The largest absolute Gasteiger partial charge is 0.289 e. The van der Waals surface area contributed by atoms with Crippen LogP contribution in [-0.2, 0) is 0 Å². The van der Waals surface area contributed by atoms with Gasteiger partial charge >= 0.3 is 0 Å². The predicted octanol–water partition coefficient (Wildman–Crippen LogP) is 2.95. The number of benzene rings is 1. The van der Waals surface area contributed by atoms with Gasteiger partial charge in [0.2, 0.25) is 0 Å². The quantitative estimate of drug-likeness (QED) is 0.632. The van der Waals surface area contributed by atoms with Crippen molar-refractivity contribution in [3.05, 3.63) is 33.5 Å². The molecule has 0 amide bonds. The Bertz CT molecular complexity index is 476. The molecule has 4 heteroatoms. The van der Waals surface area contributed by atoms with Crippen LogP contribution in [0.1, 0.15) is 0 Å². The average molecular weight is 194 g/mol. The van der Waals surface area contributed by atoms with Crippen molar-refractivity contribution in [2.75, 3.05) is 0 Å². The molecule has 2 nitrogen and oxygen atoms in total. The first kappa shape index (κ1) is 7.64. The van der Waals surface area contributed by atoms with E-state index in [2.05, 4.69) is 10.2 Å². The van der Waals surface area contributed by atoms with Crippen LogP contribution in [0, 0.1) is 9.28 Å². The minimum atomic E-state index is 0.694.